The van der Waals surface area contributed by atoms with Gasteiger partial charge < -0.3 is 23.9 Å². The van der Waals surface area contributed by atoms with E-state index < -0.39 is 11.9 Å². The van der Waals surface area contributed by atoms with Crippen LogP contribution in [0.2, 0.25) is 0 Å². The van der Waals surface area contributed by atoms with Crippen molar-refractivity contribution in [2.75, 3.05) is 13.1 Å². The van der Waals surface area contributed by atoms with Gasteiger partial charge in [0.2, 0.25) is 5.89 Å². The van der Waals surface area contributed by atoms with Crippen molar-refractivity contribution in [2.24, 2.45) is 11.8 Å². The van der Waals surface area contributed by atoms with Crippen LogP contribution < -0.4 is 9.47 Å². The molecule has 5 rings (SSSR count). The lowest BCUT2D eigenvalue weighted by molar-refractivity contribution is -0.142. The summed E-state index contributed by atoms with van der Waals surface area (Å²) in [4.78, 5) is 18.5. The molecule has 0 aliphatic carbocycles. The van der Waals surface area contributed by atoms with Crippen LogP contribution in [0.15, 0.2) is 102 Å². The molecule has 0 unspecified atom stereocenters. The van der Waals surface area contributed by atoms with Crippen LogP contribution in [0, 0.1) is 18.8 Å². The summed E-state index contributed by atoms with van der Waals surface area (Å²) >= 11 is 0. The van der Waals surface area contributed by atoms with E-state index in [1.807, 2.05) is 96.8 Å². The Morgan fingerprint density at radius 1 is 1.00 bits per heavy atom. The fourth-order valence-electron chi connectivity index (χ4n) is 4.69. The molecule has 2 atom stereocenters. The topological polar surface area (TPSA) is 85.0 Å². The molecule has 1 aliphatic rings. The number of carboxylic acids is 1. The van der Waals surface area contributed by atoms with Crippen LogP contribution in [0.5, 0.6) is 11.5 Å². The van der Waals surface area contributed by atoms with E-state index in [2.05, 4.69) is 11.6 Å². The highest BCUT2D eigenvalue weighted by Gasteiger charge is 2.38. The Hall–Kier alpha value is -4.52. The largest absolute Gasteiger partial charge is 0.487 e. The van der Waals surface area contributed by atoms with Gasteiger partial charge >= 0.3 is 5.97 Å². The van der Waals surface area contributed by atoms with Gasteiger partial charge in [-0.1, -0.05) is 48.5 Å². The Balaban J connectivity index is 1.18. The van der Waals surface area contributed by atoms with Crippen LogP contribution in [-0.2, 0) is 17.8 Å². The maximum atomic E-state index is 12.0. The zero-order valence-electron chi connectivity index (χ0n) is 21.2. The van der Waals surface area contributed by atoms with Crippen LogP contribution in [0.4, 0.5) is 0 Å². The van der Waals surface area contributed by atoms with Gasteiger partial charge in [0.05, 0.1) is 5.92 Å². The van der Waals surface area contributed by atoms with Crippen molar-refractivity contribution in [3.05, 3.63) is 114 Å². The lowest BCUT2D eigenvalue weighted by Gasteiger charge is -2.21. The second-order valence-electron chi connectivity index (χ2n) is 9.44. The smallest absolute Gasteiger partial charge is 0.308 e. The monoisotopic (exact) mass is 510 g/mol. The third-order valence-electron chi connectivity index (χ3n) is 6.80. The molecule has 38 heavy (non-hydrogen) atoms. The number of aromatic nitrogens is 1. The maximum Gasteiger partial charge on any atom is 0.308 e. The van der Waals surface area contributed by atoms with E-state index in [1.54, 1.807) is 0 Å². The van der Waals surface area contributed by atoms with Crippen molar-refractivity contribution in [2.45, 2.75) is 20.0 Å². The summed E-state index contributed by atoms with van der Waals surface area (Å²) in [6.07, 6.45) is 0.634. The van der Waals surface area contributed by atoms with Gasteiger partial charge in [-0.2, -0.15) is 0 Å². The van der Waals surface area contributed by atoms with Crippen LogP contribution in [0.25, 0.3) is 11.5 Å². The van der Waals surface area contributed by atoms with Crippen molar-refractivity contribution < 1.29 is 23.8 Å². The van der Waals surface area contributed by atoms with Gasteiger partial charge in [0.25, 0.3) is 0 Å². The van der Waals surface area contributed by atoms with E-state index in [4.69, 9.17) is 13.9 Å². The zero-order chi connectivity index (χ0) is 26.5. The second kappa shape index (κ2) is 11.3. The molecule has 0 spiro atoms. The van der Waals surface area contributed by atoms with Crippen molar-refractivity contribution in [3.8, 4) is 23.0 Å². The van der Waals surface area contributed by atoms with Gasteiger partial charge in [-0.25, -0.2) is 4.98 Å². The minimum atomic E-state index is -0.803. The SMILES string of the molecule is C=C(Oc1ccccc1)N1C[C@@H](Cc2ccc(OCc3nc(-c4ccccc4)oc3C)cc2)[C@H](C(=O)O)C1. The first kappa shape index (κ1) is 25.1. The third-order valence-corrected chi connectivity index (χ3v) is 6.80. The molecule has 2 heterocycles. The number of rotatable bonds is 10. The Morgan fingerprint density at radius 2 is 1.68 bits per heavy atom. The van der Waals surface area contributed by atoms with Gasteiger partial charge in [0, 0.05) is 18.7 Å². The van der Waals surface area contributed by atoms with E-state index in [1.165, 1.54) is 0 Å². The van der Waals surface area contributed by atoms with Crippen molar-refractivity contribution in [3.63, 3.8) is 0 Å². The number of carboxylic acid groups (broad SMARTS) is 1. The molecule has 0 amide bonds. The number of carbonyl (C=O) groups is 1. The van der Waals surface area contributed by atoms with Crippen LogP contribution in [0.3, 0.4) is 0 Å². The lowest BCUT2D eigenvalue weighted by atomic mass is 9.90. The molecule has 194 valence electrons. The number of aryl methyl sites for hydroxylation is 1. The van der Waals surface area contributed by atoms with Gasteiger partial charge in [0.15, 0.2) is 5.88 Å². The van der Waals surface area contributed by atoms with E-state index in [-0.39, 0.29) is 5.92 Å². The molecular weight excluding hydrogens is 480 g/mol. The molecule has 1 aromatic heterocycles. The van der Waals surface area contributed by atoms with Gasteiger partial charge in [0.1, 0.15) is 29.6 Å². The van der Waals surface area contributed by atoms with Crippen LogP contribution in [-0.4, -0.2) is 34.0 Å². The number of hydrogen-bond donors (Lipinski definition) is 1. The standard InChI is InChI=1S/C31H30N2O5/c1-21-29(32-30(37-21)24-9-5-3-6-10-24)20-36-26-15-13-23(14-16-26)17-25-18-33(19-28(25)31(34)35)22(2)38-27-11-7-4-8-12-27/h3-16,25,28H,2,17-20H2,1H3,(H,34,35)/t25-,28-/m1/s1. The highest BCUT2D eigenvalue weighted by atomic mass is 16.5. The minimum Gasteiger partial charge on any atom is -0.487 e. The summed E-state index contributed by atoms with van der Waals surface area (Å²) in [6.45, 7) is 7.14. The molecule has 0 radical (unpaired) electrons. The number of aliphatic carboxylic acids is 1. The highest BCUT2D eigenvalue weighted by Crippen LogP contribution is 2.31. The maximum absolute atomic E-state index is 12.0. The molecule has 4 aromatic rings. The molecule has 7 nitrogen and oxygen atoms in total. The van der Waals surface area contributed by atoms with Gasteiger partial charge in [-0.3, -0.25) is 4.79 Å². The van der Waals surface area contributed by atoms with E-state index >= 15 is 0 Å². The van der Waals surface area contributed by atoms with E-state index in [0.29, 0.717) is 49.4 Å². The molecule has 3 aromatic carbocycles. The summed E-state index contributed by atoms with van der Waals surface area (Å²) in [6, 6.07) is 26.9. The average Bonchev–Trinajstić information content (AvgIpc) is 3.53. The number of likely N-dealkylation sites (tertiary alicyclic amines) is 1. The molecule has 1 fully saturated rings. The first-order valence-electron chi connectivity index (χ1n) is 12.6. The predicted octanol–water partition coefficient (Wildman–Crippen LogP) is 5.95. The summed E-state index contributed by atoms with van der Waals surface area (Å²) in [5.74, 6) is 1.79. The predicted molar refractivity (Wildman–Crippen MR) is 144 cm³/mol. The summed E-state index contributed by atoms with van der Waals surface area (Å²) in [7, 11) is 0. The summed E-state index contributed by atoms with van der Waals surface area (Å²) in [5, 5.41) is 9.84. The van der Waals surface area contributed by atoms with Gasteiger partial charge in [-0.05, 0) is 67.8 Å². The molecule has 0 bridgehead atoms. The third kappa shape index (κ3) is 5.89. The quantitative estimate of drug-likeness (QED) is 0.264. The number of hydrogen-bond acceptors (Lipinski definition) is 6. The Morgan fingerprint density at radius 3 is 2.37 bits per heavy atom. The number of benzene rings is 3. The first-order chi connectivity index (χ1) is 18.5. The molecule has 0 saturated carbocycles. The summed E-state index contributed by atoms with van der Waals surface area (Å²) in [5.41, 5.74) is 2.72. The molecule has 7 heteroatoms. The lowest BCUT2D eigenvalue weighted by Crippen LogP contribution is -2.25. The number of oxazole rings is 1. The van der Waals surface area contributed by atoms with Crippen molar-refractivity contribution in [1.82, 2.24) is 9.88 Å². The second-order valence-corrected chi connectivity index (χ2v) is 9.44. The average molecular weight is 511 g/mol. The molecule has 1 saturated heterocycles. The van der Waals surface area contributed by atoms with Gasteiger partial charge in [-0.15, -0.1) is 0 Å². The molecule has 1 aliphatic heterocycles. The number of nitrogens with zero attached hydrogens (tertiary/aromatic N) is 2. The highest BCUT2D eigenvalue weighted by molar-refractivity contribution is 5.71. The normalized spacial score (nSPS) is 16.8. The Bertz CT molecular complexity index is 1380. The van der Waals surface area contributed by atoms with Crippen molar-refractivity contribution >= 4 is 5.97 Å². The zero-order valence-corrected chi connectivity index (χ0v) is 21.2. The number of ether oxygens (including phenoxy) is 2. The Kier molecular flexibility index (Phi) is 7.45. The van der Waals surface area contributed by atoms with E-state index in [0.717, 1.165) is 22.6 Å². The first-order valence-corrected chi connectivity index (χ1v) is 12.6. The minimum absolute atomic E-state index is 0.0652. The fraction of sp³-hybridized carbons (Fsp3) is 0.226. The Labute approximate surface area is 222 Å². The van der Waals surface area contributed by atoms with Crippen molar-refractivity contribution in [1.29, 1.82) is 0 Å². The van der Waals surface area contributed by atoms with E-state index in [9.17, 15) is 9.90 Å². The fourth-order valence-corrected chi connectivity index (χ4v) is 4.69. The summed E-state index contributed by atoms with van der Waals surface area (Å²) < 4.78 is 17.6. The van der Waals surface area contributed by atoms with Crippen LogP contribution >= 0.6 is 0 Å². The molecule has 1 N–H and O–H groups in total. The van der Waals surface area contributed by atoms with Crippen LogP contribution in [0.1, 0.15) is 17.0 Å². The molecular formula is C31H30N2O5. The number of para-hydroxylation sites is 1.